The van der Waals surface area contributed by atoms with Crippen molar-refractivity contribution in [1.29, 1.82) is 0 Å². The lowest BCUT2D eigenvalue weighted by atomic mass is 9.98. The number of rotatable bonds is 3. The van der Waals surface area contributed by atoms with Gasteiger partial charge in [0.2, 0.25) is 0 Å². The summed E-state index contributed by atoms with van der Waals surface area (Å²) in [5.41, 5.74) is 8.05. The van der Waals surface area contributed by atoms with Crippen LogP contribution in [0.15, 0.2) is 18.2 Å². The van der Waals surface area contributed by atoms with E-state index in [0.29, 0.717) is 12.0 Å². The van der Waals surface area contributed by atoms with Crippen molar-refractivity contribution in [1.82, 2.24) is 5.32 Å². The van der Waals surface area contributed by atoms with Crippen LogP contribution in [-0.4, -0.2) is 19.2 Å². The number of hydrogen-bond donors (Lipinski definition) is 2. The number of nitrogen functional groups attached to an aromatic ring is 1. The standard InChI is InChI=1S/C13H18N2O/c14-12-4-1-9(10-5-6-15-8-10)7-13(12)16-11-2-3-11/h1,4,7,10-11,15H,2-3,5-6,8,14H2. The number of nitrogens with one attached hydrogen (secondary N) is 1. The normalized spacial score (nSPS) is 24.6. The minimum Gasteiger partial charge on any atom is -0.488 e. The Hall–Kier alpha value is -1.22. The molecule has 1 atom stereocenters. The second kappa shape index (κ2) is 3.98. The summed E-state index contributed by atoms with van der Waals surface area (Å²) in [6.45, 7) is 2.20. The van der Waals surface area contributed by atoms with Crippen LogP contribution in [-0.2, 0) is 0 Å². The zero-order valence-electron chi connectivity index (χ0n) is 9.41. The molecule has 1 aromatic rings. The van der Waals surface area contributed by atoms with Gasteiger partial charge >= 0.3 is 0 Å². The molecular formula is C13H18N2O. The van der Waals surface area contributed by atoms with Gasteiger partial charge in [-0.3, -0.25) is 0 Å². The Bertz CT molecular complexity index is 382. The summed E-state index contributed by atoms with van der Waals surface area (Å²) in [5.74, 6) is 1.51. The van der Waals surface area contributed by atoms with Crippen LogP contribution >= 0.6 is 0 Å². The Morgan fingerprint density at radius 1 is 1.25 bits per heavy atom. The van der Waals surface area contributed by atoms with E-state index in [9.17, 15) is 0 Å². The number of benzene rings is 1. The molecule has 1 aliphatic heterocycles. The Morgan fingerprint density at radius 3 is 2.81 bits per heavy atom. The molecule has 16 heavy (non-hydrogen) atoms. The van der Waals surface area contributed by atoms with E-state index in [4.69, 9.17) is 10.5 Å². The van der Waals surface area contributed by atoms with E-state index in [1.54, 1.807) is 0 Å². The molecule has 86 valence electrons. The fourth-order valence-corrected chi connectivity index (χ4v) is 2.21. The molecule has 0 amide bonds. The van der Waals surface area contributed by atoms with Gasteiger partial charge in [0.15, 0.2) is 0 Å². The lowest BCUT2D eigenvalue weighted by Gasteiger charge is -2.13. The summed E-state index contributed by atoms with van der Waals surface area (Å²) in [4.78, 5) is 0. The van der Waals surface area contributed by atoms with E-state index in [2.05, 4.69) is 17.4 Å². The molecule has 1 aliphatic carbocycles. The first kappa shape index (κ1) is 9.97. The zero-order valence-corrected chi connectivity index (χ0v) is 9.41. The first-order chi connectivity index (χ1) is 7.83. The van der Waals surface area contributed by atoms with E-state index in [0.717, 1.165) is 24.5 Å². The average molecular weight is 218 g/mol. The summed E-state index contributed by atoms with van der Waals surface area (Å²) >= 11 is 0. The van der Waals surface area contributed by atoms with Crippen LogP contribution in [0, 0.1) is 0 Å². The Morgan fingerprint density at radius 2 is 2.12 bits per heavy atom. The van der Waals surface area contributed by atoms with Gasteiger partial charge in [0.1, 0.15) is 5.75 Å². The zero-order chi connectivity index (χ0) is 11.0. The number of hydrogen-bond acceptors (Lipinski definition) is 3. The molecule has 1 heterocycles. The maximum Gasteiger partial charge on any atom is 0.142 e. The minimum absolute atomic E-state index is 0.416. The minimum atomic E-state index is 0.416. The predicted octanol–water partition coefficient (Wildman–Crippen LogP) is 1.89. The van der Waals surface area contributed by atoms with Gasteiger partial charge in [0, 0.05) is 6.54 Å². The molecule has 1 aromatic carbocycles. The summed E-state index contributed by atoms with van der Waals surface area (Å²) in [6, 6.07) is 6.24. The largest absolute Gasteiger partial charge is 0.488 e. The van der Waals surface area contributed by atoms with Crippen molar-refractivity contribution in [3.8, 4) is 5.75 Å². The van der Waals surface area contributed by atoms with Crippen molar-refractivity contribution < 1.29 is 4.74 Å². The van der Waals surface area contributed by atoms with Gasteiger partial charge in [-0.1, -0.05) is 6.07 Å². The molecule has 2 aliphatic rings. The Kier molecular flexibility index (Phi) is 2.48. The molecule has 0 spiro atoms. The van der Waals surface area contributed by atoms with Crippen molar-refractivity contribution in [3.05, 3.63) is 23.8 Å². The lowest BCUT2D eigenvalue weighted by Crippen LogP contribution is -2.08. The molecule has 3 heteroatoms. The summed E-state index contributed by atoms with van der Waals surface area (Å²) in [6.07, 6.45) is 3.98. The summed E-state index contributed by atoms with van der Waals surface area (Å²) < 4.78 is 5.81. The molecule has 1 saturated carbocycles. The summed E-state index contributed by atoms with van der Waals surface area (Å²) in [7, 11) is 0. The molecule has 1 unspecified atom stereocenters. The first-order valence-electron chi connectivity index (χ1n) is 6.10. The van der Waals surface area contributed by atoms with E-state index in [-0.39, 0.29) is 0 Å². The molecule has 2 fully saturated rings. The van der Waals surface area contributed by atoms with Crippen LogP contribution in [0.4, 0.5) is 5.69 Å². The molecule has 3 nitrogen and oxygen atoms in total. The number of anilines is 1. The Labute approximate surface area is 96.0 Å². The Balaban J connectivity index is 1.82. The van der Waals surface area contributed by atoms with Crippen LogP contribution in [0.1, 0.15) is 30.7 Å². The van der Waals surface area contributed by atoms with Gasteiger partial charge in [0.25, 0.3) is 0 Å². The maximum absolute atomic E-state index is 5.92. The summed E-state index contributed by atoms with van der Waals surface area (Å²) in [5, 5.41) is 3.39. The molecule has 3 rings (SSSR count). The van der Waals surface area contributed by atoms with Crippen molar-refractivity contribution in [2.45, 2.75) is 31.3 Å². The van der Waals surface area contributed by atoms with Crippen LogP contribution in [0.2, 0.25) is 0 Å². The van der Waals surface area contributed by atoms with Crippen LogP contribution in [0.25, 0.3) is 0 Å². The van der Waals surface area contributed by atoms with Crippen molar-refractivity contribution >= 4 is 5.69 Å². The highest BCUT2D eigenvalue weighted by Gasteiger charge is 2.25. The maximum atomic E-state index is 5.92. The fourth-order valence-electron chi connectivity index (χ4n) is 2.21. The van der Waals surface area contributed by atoms with E-state index >= 15 is 0 Å². The molecule has 0 radical (unpaired) electrons. The highest BCUT2D eigenvalue weighted by Crippen LogP contribution is 2.34. The van der Waals surface area contributed by atoms with Gasteiger partial charge < -0.3 is 15.8 Å². The van der Waals surface area contributed by atoms with Gasteiger partial charge in [0.05, 0.1) is 11.8 Å². The molecule has 0 aromatic heterocycles. The molecule has 0 bridgehead atoms. The van der Waals surface area contributed by atoms with Gasteiger partial charge in [-0.25, -0.2) is 0 Å². The second-order valence-electron chi connectivity index (χ2n) is 4.80. The third-order valence-corrected chi connectivity index (χ3v) is 3.39. The van der Waals surface area contributed by atoms with Crippen LogP contribution in [0.3, 0.4) is 0 Å². The van der Waals surface area contributed by atoms with E-state index < -0.39 is 0 Å². The van der Waals surface area contributed by atoms with Crippen molar-refractivity contribution in [2.24, 2.45) is 0 Å². The van der Waals surface area contributed by atoms with E-state index in [1.165, 1.54) is 24.8 Å². The third-order valence-electron chi connectivity index (χ3n) is 3.39. The molecule has 3 N–H and O–H groups in total. The van der Waals surface area contributed by atoms with Gasteiger partial charge in [-0.05, 0) is 49.4 Å². The lowest BCUT2D eigenvalue weighted by molar-refractivity contribution is 0.304. The number of nitrogens with two attached hydrogens (primary N) is 1. The van der Waals surface area contributed by atoms with Gasteiger partial charge in [-0.15, -0.1) is 0 Å². The first-order valence-corrected chi connectivity index (χ1v) is 6.10. The monoisotopic (exact) mass is 218 g/mol. The average Bonchev–Trinajstić information content (AvgIpc) is 2.94. The third kappa shape index (κ3) is 2.00. The quantitative estimate of drug-likeness (QED) is 0.762. The highest BCUT2D eigenvalue weighted by molar-refractivity contribution is 5.54. The predicted molar refractivity (Wildman–Crippen MR) is 64.7 cm³/mol. The van der Waals surface area contributed by atoms with Crippen molar-refractivity contribution in [3.63, 3.8) is 0 Å². The van der Waals surface area contributed by atoms with Crippen molar-refractivity contribution in [2.75, 3.05) is 18.8 Å². The smallest absolute Gasteiger partial charge is 0.142 e. The molecule has 1 saturated heterocycles. The van der Waals surface area contributed by atoms with Crippen LogP contribution in [0.5, 0.6) is 5.75 Å². The SMILES string of the molecule is Nc1ccc(C2CCNC2)cc1OC1CC1. The van der Waals surface area contributed by atoms with Crippen LogP contribution < -0.4 is 15.8 Å². The topological polar surface area (TPSA) is 47.3 Å². The van der Waals surface area contributed by atoms with Gasteiger partial charge in [-0.2, -0.15) is 0 Å². The fraction of sp³-hybridized carbons (Fsp3) is 0.538. The second-order valence-corrected chi connectivity index (χ2v) is 4.80. The molecular weight excluding hydrogens is 200 g/mol. The highest BCUT2D eigenvalue weighted by atomic mass is 16.5. The van der Waals surface area contributed by atoms with E-state index in [1.807, 2.05) is 6.07 Å². The number of ether oxygens (including phenoxy) is 1.